The molecule has 1 N–H and O–H groups in total. The third-order valence-corrected chi connectivity index (χ3v) is 5.15. The van der Waals surface area contributed by atoms with Gasteiger partial charge in [-0.3, -0.25) is 4.79 Å². The van der Waals surface area contributed by atoms with Crippen molar-refractivity contribution in [1.82, 2.24) is 19.8 Å². The lowest BCUT2D eigenvalue weighted by Crippen LogP contribution is -2.44. The van der Waals surface area contributed by atoms with Gasteiger partial charge in [-0.2, -0.15) is 0 Å². The molecule has 1 aliphatic heterocycles. The molecule has 0 radical (unpaired) electrons. The van der Waals surface area contributed by atoms with E-state index in [1.807, 2.05) is 43.4 Å². The second kappa shape index (κ2) is 7.83. The fourth-order valence-corrected chi connectivity index (χ4v) is 3.56. The van der Waals surface area contributed by atoms with Crippen molar-refractivity contribution in [3.05, 3.63) is 53.6 Å². The number of nitrogens with one attached hydrogen (secondary N) is 1. The SMILES string of the molecule is Cc1ccccc1CN(C)C(=O)C(C)NCC1CCCn2ccnc21. The van der Waals surface area contributed by atoms with Gasteiger partial charge < -0.3 is 14.8 Å². The summed E-state index contributed by atoms with van der Waals surface area (Å²) in [5.74, 6) is 1.66. The summed E-state index contributed by atoms with van der Waals surface area (Å²) in [4.78, 5) is 19.0. The molecule has 1 aliphatic rings. The molecule has 0 fully saturated rings. The quantitative estimate of drug-likeness (QED) is 0.880. The van der Waals surface area contributed by atoms with Gasteiger partial charge in [-0.05, 0) is 37.8 Å². The molecule has 5 heteroatoms. The summed E-state index contributed by atoms with van der Waals surface area (Å²) in [6, 6.07) is 8.02. The highest BCUT2D eigenvalue weighted by atomic mass is 16.2. The van der Waals surface area contributed by atoms with E-state index in [1.54, 1.807) is 0 Å². The Balaban J connectivity index is 1.54. The van der Waals surface area contributed by atoms with Crippen molar-refractivity contribution in [3.63, 3.8) is 0 Å². The van der Waals surface area contributed by atoms with Crippen LogP contribution in [-0.4, -0.2) is 40.0 Å². The zero-order chi connectivity index (χ0) is 17.8. The van der Waals surface area contributed by atoms with Gasteiger partial charge in [-0.1, -0.05) is 24.3 Å². The van der Waals surface area contributed by atoms with Crippen molar-refractivity contribution >= 4 is 5.91 Å². The van der Waals surface area contributed by atoms with E-state index in [4.69, 9.17) is 0 Å². The topological polar surface area (TPSA) is 50.2 Å². The molecule has 2 heterocycles. The van der Waals surface area contributed by atoms with Gasteiger partial charge in [0.05, 0.1) is 6.04 Å². The van der Waals surface area contributed by atoms with Crippen molar-refractivity contribution in [3.8, 4) is 0 Å². The van der Waals surface area contributed by atoms with E-state index in [-0.39, 0.29) is 11.9 Å². The lowest BCUT2D eigenvalue weighted by atomic mass is 9.98. The fourth-order valence-electron chi connectivity index (χ4n) is 3.56. The van der Waals surface area contributed by atoms with Gasteiger partial charge in [0.2, 0.25) is 5.91 Å². The zero-order valence-electron chi connectivity index (χ0n) is 15.4. The number of rotatable bonds is 6. The second-order valence-corrected chi connectivity index (χ2v) is 7.07. The molecule has 1 aromatic carbocycles. The Morgan fingerprint density at radius 3 is 3.04 bits per heavy atom. The number of aromatic nitrogens is 2. The minimum atomic E-state index is -0.195. The first-order valence-corrected chi connectivity index (χ1v) is 9.10. The third-order valence-electron chi connectivity index (χ3n) is 5.15. The molecule has 1 amide bonds. The van der Waals surface area contributed by atoms with Crippen LogP contribution in [0.3, 0.4) is 0 Å². The maximum atomic E-state index is 12.7. The summed E-state index contributed by atoms with van der Waals surface area (Å²) in [6.07, 6.45) is 6.22. The minimum absolute atomic E-state index is 0.127. The summed E-state index contributed by atoms with van der Waals surface area (Å²) in [5.41, 5.74) is 2.41. The summed E-state index contributed by atoms with van der Waals surface area (Å²) in [7, 11) is 1.88. The number of carbonyl (C=O) groups excluding carboxylic acids is 1. The molecule has 0 saturated carbocycles. The van der Waals surface area contributed by atoms with Gasteiger partial charge >= 0.3 is 0 Å². The third kappa shape index (κ3) is 4.10. The van der Waals surface area contributed by atoms with Gasteiger partial charge in [-0.15, -0.1) is 0 Å². The van der Waals surface area contributed by atoms with Gasteiger partial charge in [0, 0.05) is 45.0 Å². The molecule has 0 saturated heterocycles. The molecule has 25 heavy (non-hydrogen) atoms. The molecule has 134 valence electrons. The number of aryl methyl sites for hydroxylation is 2. The van der Waals surface area contributed by atoms with E-state index >= 15 is 0 Å². The molecular weight excluding hydrogens is 312 g/mol. The minimum Gasteiger partial charge on any atom is -0.340 e. The average molecular weight is 340 g/mol. The predicted molar refractivity (Wildman–Crippen MR) is 99.3 cm³/mol. The van der Waals surface area contributed by atoms with Crippen LogP contribution in [0.5, 0.6) is 0 Å². The number of carbonyl (C=O) groups is 1. The van der Waals surface area contributed by atoms with E-state index in [1.165, 1.54) is 17.5 Å². The normalized spacial score (nSPS) is 17.8. The lowest BCUT2D eigenvalue weighted by Gasteiger charge is -2.27. The second-order valence-electron chi connectivity index (χ2n) is 7.07. The first kappa shape index (κ1) is 17.7. The Kier molecular flexibility index (Phi) is 5.53. The molecular formula is C20H28N4O. The highest BCUT2D eigenvalue weighted by Gasteiger charge is 2.24. The van der Waals surface area contributed by atoms with Crippen molar-refractivity contribution in [1.29, 1.82) is 0 Å². The van der Waals surface area contributed by atoms with Crippen LogP contribution in [0.15, 0.2) is 36.7 Å². The highest BCUT2D eigenvalue weighted by molar-refractivity contribution is 5.81. The fraction of sp³-hybridized carbons (Fsp3) is 0.500. The Labute approximate surface area is 150 Å². The van der Waals surface area contributed by atoms with E-state index in [0.29, 0.717) is 12.5 Å². The van der Waals surface area contributed by atoms with E-state index in [0.717, 1.165) is 25.3 Å². The van der Waals surface area contributed by atoms with Crippen molar-refractivity contribution in [2.24, 2.45) is 0 Å². The summed E-state index contributed by atoms with van der Waals surface area (Å²) in [5, 5.41) is 3.42. The molecule has 5 nitrogen and oxygen atoms in total. The summed E-state index contributed by atoms with van der Waals surface area (Å²) >= 11 is 0. The van der Waals surface area contributed by atoms with Gasteiger partial charge in [0.15, 0.2) is 0 Å². The molecule has 2 aromatic rings. The number of hydrogen-bond donors (Lipinski definition) is 1. The Morgan fingerprint density at radius 2 is 2.24 bits per heavy atom. The van der Waals surface area contributed by atoms with E-state index in [9.17, 15) is 4.79 Å². The van der Waals surface area contributed by atoms with Crippen LogP contribution in [-0.2, 0) is 17.9 Å². The number of amides is 1. The average Bonchev–Trinajstić information content (AvgIpc) is 3.10. The van der Waals surface area contributed by atoms with Crippen LogP contribution in [0.25, 0.3) is 0 Å². The van der Waals surface area contributed by atoms with Crippen LogP contribution in [0, 0.1) is 6.92 Å². The number of imidazole rings is 1. The van der Waals surface area contributed by atoms with E-state index in [2.05, 4.69) is 33.9 Å². The Hall–Kier alpha value is -2.14. The van der Waals surface area contributed by atoms with Gasteiger partial charge in [-0.25, -0.2) is 4.98 Å². The van der Waals surface area contributed by atoms with E-state index < -0.39 is 0 Å². The number of nitrogens with zero attached hydrogens (tertiary/aromatic N) is 3. The molecule has 3 rings (SSSR count). The molecule has 0 aliphatic carbocycles. The lowest BCUT2D eigenvalue weighted by molar-refractivity contribution is -0.132. The van der Waals surface area contributed by atoms with Crippen LogP contribution in [0.1, 0.15) is 42.6 Å². The number of hydrogen-bond acceptors (Lipinski definition) is 3. The summed E-state index contributed by atoms with van der Waals surface area (Å²) < 4.78 is 2.23. The molecule has 2 atom stereocenters. The molecule has 0 spiro atoms. The van der Waals surface area contributed by atoms with Crippen molar-refractivity contribution < 1.29 is 4.79 Å². The highest BCUT2D eigenvalue weighted by Crippen LogP contribution is 2.25. The predicted octanol–water partition coefficient (Wildman–Crippen LogP) is 2.71. The Bertz CT molecular complexity index is 724. The van der Waals surface area contributed by atoms with Crippen molar-refractivity contribution in [2.45, 2.75) is 51.7 Å². The zero-order valence-corrected chi connectivity index (χ0v) is 15.4. The molecule has 0 bridgehead atoms. The molecule has 2 unspecified atom stereocenters. The van der Waals surface area contributed by atoms with Crippen LogP contribution < -0.4 is 5.32 Å². The maximum Gasteiger partial charge on any atom is 0.239 e. The first-order chi connectivity index (χ1) is 12.1. The summed E-state index contributed by atoms with van der Waals surface area (Å²) in [6.45, 7) is 6.53. The molecule has 1 aromatic heterocycles. The van der Waals surface area contributed by atoms with Crippen LogP contribution in [0.4, 0.5) is 0 Å². The number of benzene rings is 1. The smallest absolute Gasteiger partial charge is 0.239 e. The monoisotopic (exact) mass is 340 g/mol. The Morgan fingerprint density at radius 1 is 1.44 bits per heavy atom. The van der Waals surface area contributed by atoms with Gasteiger partial charge in [0.25, 0.3) is 0 Å². The van der Waals surface area contributed by atoms with Crippen molar-refractivity contribution in [2.75, 3.05) is 13.6 Å². The standard InChI is InChI=1S/C20H28N4O/c1-15-7-4-5-8-18(15)14-23(3)20(25)16(2)22-13-17-9-6-11-24-12-10-21-19(17)24/h4-5,7-8,10,12,16-17,22H,6,9,11,13-14H2,1-3H3. The number of fused-ring (bicyclic) bond motifs is 1. The van der Waals surface area contributed by atoms with Crippen LogP contribution in [0.2, 0.25) is 0 Å². The maximum absolute atomic E-state index is 12.7. The largest absolute Gasteiger partial charge is 0.340 e. The van der Waals surface area contributed by atoms with Gasteiger partial charge in [0.1, 0.15) is 5.82 Å². The number of likely N-dealkylation sites (N-methyl/N-ethyl adjacent to an activating group) is 1. The van der Waals surface area contributed by atoms with Crippen LogP contribution >= 0.6 is 0 Å². The first-order valence-electron chi connectivity index (χ1n) is 9.10.